The molecule has 2 rings (SSSR count). The topological polar surface area (TPSA) is 77.7 Å². The van der Waals surface area contributed by atoms with Crippen LogP contribution in [0.15, 0.2) is 24.3 Å². The first-order valence-corrected chi connectivity index (χ1v) is 6.69. The molecule has 0 unspecified atom stereocenters. The first-order valence-electron chi connectivity index (χ1n) is 6.69. The van der Waals surface area contributed by atoms with Crippen molar-refractivity contribution in [3.63, 3.8) is 0 Å². The Balaban J connectivity index is 2.30. The van der Waals surface area contributed by atoms with E-state index in [0.717, 1.165) is 11.2 Å². The Kier molecular flexibility index (Phi) is 4.45. The van der Waals surface area contributed by atoms with Crippen LogP contribution in [0.1, 0.15) is 11.3 Å². The number of aliphatic hydroxyl groups is 3. The molecule has 0 spiro atoms. The van der Waals surface area contributed by atoms with Gasteiger partial charge in [-0.05, 0) is 18.6 Å². The van der Waals surface area contributed by atoms with Crippen molar-refractivity contribution in [3.05, 3.63) is 35.5 Å². The number of hydrogen-bond acceptors (Lipinski definition) is 4. The molecule has 0 aliphatic rings. The standard InChI is InChI=1S/C15H22N2O3/c1-11-12-5-3-4-6-13(12)17(2)14(11)7-16-15(8-18,9-19)10-20/h3-6,16,18-20H,7-10H2,1-2H3. The van der Waals surface area contributed by atoms with Gasteiger partial charge in [0.05, 0.1) is 25.4 Å². The molecule has 5 nitrogen and oxygen atoms in total. The van der Waals surface area contributed by atoms with Crippen LogP contribution in [0.25, 0.3) is 10.9 Å². The number of nitrogens with zero attached hydrogens (tertiary/aromatic N) is 1. The minimum Gasteiger partial charge on any atom is -0.394 e. The Hall–Kier alpha value is -1.40. The Morgan fingerprint density at radius 3 is 2.25 bits per heavy atom. The molecule has 5 heteroatoms. The Labute approximate surface area is 118 Å². The van der Waals surface area contributed by atoms with Gasteiger partial charge in [0, 0.05) is 30.2 Å². The van der Waals surface area contributed by atoms with Gasteiger partial charge in [0.2, 0.25) is 0 Å². The van der Waals surface area contributed by atoms with Crippen molar-refractivity contribution in [1.82, 2.24) is 9.88 Å². The van der Waals surface area contributed by atoms with Crippen LogP contribution in [0.4, 0.5) is 0 Å². The average Bonchev–Trinajstić information content (AvgIpc) is 2.74. The maximum atomic E-state index is 9.34. The van der Waals surface area contributed by atoms with Gasteiger partial charge in [0.15, 0.2) is 0 Å². The fraction of sp³-hybridized carbons (Fsp3) is 0.467. The second kappa shape index (κ2) is 5.93. The molecule has 4 N–H and O–H groups in total. The summed E-state index contributed by atoms with van der Waals surface area (Å²) < 4.78 is 2.09. The lowest BCUT2D eigenvalue weighted by molar-refractivity contribution is 0.0410. The SMILES string of the molecule is Cc1c(CNC(CO)(CO)CO)n(C)c2ccccc12. The van der Waals surface area contributed by atoms with Crippen LogP contribution in [0.2, 0.25) is 0 Å². The number of para-hydroxylation sites is 1. The van der Waals surface area contributed by atoms with Gasteiger partial charge in [0.25, 0.3) is 0 Å². The van der Waals surface area contributed by atoms with Crippen molar-refractivity contribution >= 4 is 10.9 Å². The fourth-order valence-corrected chi connectivity index (χ4v) is 2.48. The van der Waals surface area contributed by atoms with Crippen LogP contribution in [0, 0.1) is 6.92 Å². The molecule has 20 heavy (non-hydrogen) atoms. The van der Waals surface area contributed by atoms with Crippen molar-refractivity contribution in [3.8, 4) is 0 Å². The summed E-state index contributed by atoms with van der Waals surface area (Å²) in [6, 6.07) is 8.14. The van der Waals surface area contributed by atoms with Crippen LogP contribution in [0.5, 0.6) is 0 Å². The fourth-order valence-electron chi connectivity index (χ4n) is 2.48. The summed E-state index contributed by atoms with van der Waals surface area (Å²) in [4.78, 5) is 0. The Morgan fingerprint density at radius 1 is 1.10 bits per heavy atom. The molecule has 0 bridgehead atoms. The second-order valence-electron chi connectivity index (χ2n) is 5.26. The minimum absolute atomic E-state index is 0.316. The van der Waals surface area contributed by atoms with E-state index in [4.69, 9.17) is 0 Å². The molecule has 0 aliphatic heterocycles. The molecular formula is C15H22N2O3. The highest BCUT2D eigenvalue weighted by Gasteiger charge is 2.27. The monoisotopic (exact) mass is 278 g/mol. The Bertz CT molecular complexity index is 541. The summed E-state index contributed by atoms with van der Waals surface area (Å²) in [6.07, 6.45) is 0. The van der Waals surface area contributed by atoms with Gasteiger partial charge in [-0.15, -0.1) is 0 Å². The number of aliphatic hydroxyl groups excluding tert-OH is 3. The molecule has 0 fully saturated rings. The molecule has 0 atom stereocenters. The number of benzene rings is 1. The van der Waals surface area contributed by atoms with Gasteiger partial charge >= 0.3 is 0 Å². The normalized spacial score (nSPS) is 12.2. The number of aryl methyl sites for hydroxylation is 2. The largest absolute Gasteiger partial charge is 0.394 e. The Morgan fingerprint density at radius 2 is 1.70 bits per heavy atom. The zero-order valence-electron chi connectivity index (χ0n) is 11.9. The molecular weight excluding hydrogens is 256 g/mol. The third-order valence-electron chi connectivity index (χ3n) is 4.05. The van der Waals surface area contributed by atoms with E-state index in [0.29, 0.717) is 6.54 Å². The summed E-state index contributed by atoms with van der Waals surface area (Å²) in [7, 11) is 1.99. The number of rotatable bonds is 6. The molecule has 1 heterocycles. The third kappa shape index (κ3) is 2.45. The highest BCUT2D eigenvalue weighted by atomic mass is 16.3. The van der Waals surface area contributed by atoms with E-state index in [1.165, 1.54) is 10.9 Å². The number of nitrogens with one attached hydrogen (secondary N) is 1. The van der Waals surface area contributed by atoms with Gasteiger partial charge < -0.3 is 19.9 Å². The average molecular weight is 278 g/mol. The maximum absolute atomic E-state index is 9.34. The first kappa shape index (κ1) is 15.0. The second-order valence-corrected chi connectivity index (χ2v) is 5.26. The predicted octanol–water partition coefficient (Wildman–Crippen LogP) is 0.292. The first-order chi connectivity index (χ1) is 9.58. The van der Waals surface area contributed by atoms with Crippen molar-refractivity contribution < 1.29 is 15.3 Å². The lowest BCUT2D eigenvalue weighted by Crippen LogP contribution is -2.54. The van der Waals surface area contributed by atoms with Gasteiger partial charge in [-0.25, -0.2) is 0 Å². The molecule has 0 aliphatic carbocycles. The molecule has 0 amide bonds. The van der Waals surface area contributed by atoms with E-state index in [1.54, 1.807) is 0 Å². The molecule has 1 aromatic carbocycles. The van der Waals surface area contributed by atoms with Crippen LogP contribution >= 0.6 is 0 Å². The summed E-state index contributed by atoms with van der Waals surface area (Å²) in [6.45, 7) is 1.57. The van der Waals surface area contributed by atoms with Crippen LogP contribution < -0.4 is 5.32 Å². The predicted molar refractivity (Wildman–Crippen MR) is 78.5 cm³/mol. The molecule has 0 saturated carbocycles. The zero-order valence-corrected chi connectivity index (χ0v) is 11.9. The summed E-state index contributed by atoms with van der Waals surface area (Å²) in [5.74, 6) is 0. The van der Waals surface area contributed by atoms with E-state index in [-0.39, 0.29) is 19.8 Å². The smallest absolute Gasteiger partial charge is 0.0884 e. The van der Waals surface area contributed by atoms with Crippen molar-refractivity contribution in [2.24, 2.45) is 7.05 Å². The number of fused-ring (bicyclic) bond motifs is 1. The van der Waals surface area contributed by atoms with E-state index < -0.39 is 5.54 Å². The van der Waals surface area contributed by atoms with Gasteiger partial charge in [-0.3, -0.25) is 5.32 Å². The van der Waals surface area contributed by atoms with Crippen molar-refractivity contribution in [2.75, 3.05) is 19.8 Å². The summed E-state index contributed by atoms with van der Waals surface area (Å²) in [5, 5.41) is 32.3. The van der Waals surface area contributed by atoms with E-state index in [2.05, 4.69) is 28.9 Å². The molecule has 110 valence electrons. The van der Waals surface area contributed by atoms with Gasteiger partial charge in [0.1, 0.15) is 0 Å². The van der Waals surface area contributed by atoms with Gasteiger partial charge in [-0.2, -0.15) is 0 Å². The number of aromatic nitrogens is 1. The lowest BCUT2D eigenvalue weighted by atomic mass is 10.0. The highest BCUT2D eigenvalue weighted by Crippen LogP contribution is 2.24. The van der Waals surface area contributed by atoms with Crippen LogP contribution in [-0.2, 0) is 13.6 Å². The van der Waals surface area contributed by atoms with Crippen molar-refractivity contribution in [2.45, 2.75) is 19.0 Å². The summed E-state index contributed by atoms with van der Waals surface area (Å²) >= 11 is 0. The van der Waals surface area contributed by atoms with E-state index in [9.17, 15) is 15.3 Å². The van der Waals surface area contributed by atoms with Crippen LogP contribution in [-0.4, -0.2) is 45.2 Å². The van der Waals surface area contributed by atoms with E-state index >= 15 is 0 Å². The van der Waals surface area contributed by atoms with E-state index in [1.807, 2.05) is 19.2 Å². The minimum atomic E-state index is -1.05. The third-order valence-corrected chi connectivity index (χ3v) is 4.05. The van der Waals surface area contributed by atoms with Crippen LogP contribution in [0.3, 0.4) is 0 Å². The highest BCUT2D eigenvalue weighted by molar-refractivity contribution is 5.85. The molecule has 1 aromatic heterocycles. The quantitative estimate of drug-likeness (QED) is 0.612. The van der Waals surface area contributed by atoms with Gasteiger partial charge in [-0.1, -0.05) is 18.2 Å². The lowest BCUT2D eigenvalue weighted by Gasteiger charge is -2.29. The summed E-state index contributed by atoms with van der Waals surface area (Å²) in [5.41, 5.74) is 2.33. The zero-order chi connectivity index (χ0) is 14.8. The van der Waals surface area contributed by atoms with Crippen molar-refractivity contribution in [1.29, 1.82) is 0 Å². The maximum Gasteiger partial charge on any atom is 0.0884 e. The molecule has 0 radical (unpaired) electrons. The molecule has 0 saturated heterocycles. The molecule has 2 aromatic rings. The number of hydrogen-bond donors (Lipinski definition) is 4.